The van der Waals surface area contributed by atoms with E-state index in [2.05, 4.69) is 31.0 Å². The minimum Gasteiger partial charge on any atom is -0.378 e. The number of rotatable bonds is 6. The zero-order valence-electron chi connectivity index (χ0n) is 17.5. The topological polar surface area (TPSA) is 80.3 Å². The summed E-state index contributed by atoms with van der Waals surface area (Å²) < 4.78 is 6.55. The van der Waals surface area contributed by atoms with Gasteiger partial charge in [0.1, 0.15) is 0 Å². The summed E-state index contributed by atoms with van der Waals surface area (Å²) in [4.78, 5) is 13.1. The molecule has 0 saturated carbocycles. The Morgan fingerprint density at radius 2 is 1.75 bits per heavy atom. The normalized spacial score (nSPS) is 18.4. The maximum Gasteiger partial charge on any atom is 0.270 e. The lowest BCUT2D eigenvalue weighted by molar-refractivity contribution is -0.384. The van der Waals surface area contributed by atoms with Gasteiger partial charge >= 0.3 is 0 Å². The lowest BCUT2D eigenvalue weighted by Crippen LogP contribution is -2.36. The van der Waals surface area contributed by atoms with Crippen LogP contribution in [0.15, 0.2) is 80.0 Å². The van der Waals surface area contributed by atoms with Gasteiger partial charge in [0.2, 0.25) is 0 Å². The maximum atomic E-state index is 11.1. The van der Waals surface area contributed by atoms with Crippen molar-refractivity contribution in [1.29, 1.82) is 0 Å². The fraction of sp³-hybridized carbons (Fsp3) is 0.250. The number of benzene rings is 2. The zero-order valence-corrected chi connectivity index (χ0v) is 19.1. The molecule has 0 bridgehead atoms. The van der Waals surface area contributed by atoms with Crippen LogP contribution in [0.1, 0.15) is 24.0 Å². The first-order chi connectivity index (χ1) is 15.6. The van der Waals surface area contributed by atoms with E-state index in [0.29, 0.717) is 13.2 Å². The molecule has 32 heavy (non-hydrogen) atoms. The Kier molecular flexibility index (Phi) is 7.24. The summed E-state index contributed by atoms with van der Waals surface area (Å²) in [5.41, 5.74) is 5.32. The van der Waals surface area contributed by atoms with Gasteiger partial charge in [-0.15, -0.1) is 0 Å². The Bertz CT molecular complexity index is 1100. The first-order valence-electron chi connectivity index (χ1n) is 10.4. The molecule has 1 saturated heterocycles. The first kappa shape index (κ1) is 22.1. The molecule has 2 aliphatic rings. The van der Waals surface area contributed by atoms with E-state index >= 15 is 0 Å². The van der Waals surface area contributed by atoms with Gasteiger partial charge in [0.05, 0.1) is 30.6 Å². The summed E-state index contributed by atoms with van der Waals surface area (Å²) in [6, 6.07) is 14.6. The lowest BCUT2D eigenvalue weighted by atomic mass is 10.1. The average Bonchev–Trinajstić information content (AvgIpc) is 3.21. The Labute approximate surface area is 195 Å². The molecule has 1 aliphatic carbocycles. The molecule has 4 rings (SSSR count). The van der Waals surface area contributed by atoms with E-state index in [1.165, 1.54) is 6.07 Å². The molecule has 0 atom stereocenters. The fourth-order valence-corrected chi connectivity index (χ4v) is 4.12. The van der Waals surface area contributed by atoms with Crippen LogP contribution < -0.4 is 0 Å². The minimum absolute atomic E-state index is 0.0957. The smallest absolute Gasteiger partial charge is 0.270 e. The summed E-state index contributed by atoms with van der Waals surface area (Å²) >= 11 is 3.42. The van der Waals surface area contributed by atoms with Crippen molar-refractivity contribution in [2.45, 2.75) is 12.8 Å². The van der Waals surface area contributed by atoms with Crippen LogP contribution >= 0.6 is 15.9 Å². The molecule has 1 fully saturated rings. The number of hydrogen-bond donors (Lipinski definition) is 0. The fourth-order valence-electron chi connectivity index (χ4n) is 3.85. The van der Waals surface area contributed by atoms with Gasteiger partial charge in [-0.2, -0.15) is 10.2 Å². The van der Waals surface area contributed by atoms with Crippen molar-refractivity contribution in [2.24, 2.45) is 10.2 Å². The molecular formula is C24H23BrN4O3. The highest BCUT2D eigenvalue weighted by Gasteiger charge is 2.25. The second kappa shape index (κ2) is 10.5. The van der Waals surface area contributed by atoms with Crippen LogP contribution in [0.5, 0.6) is 0 Å². The maximum absolute atomic E-state index is 11.1. The summed E-state index contributed by atoms with van der Waals surface area (Å²) in [7, 11) is 0. The summed E-state index contributed by atoms with van der Waals surface area (Å²) in [6.45, 7) is 2.97. The van der Waals surface area contributed by atoms with Crippen LogP contribution in [0.3, 0.4) is 0 Å². The van der Waals surface area contributed by atoms with Crippen LogP contribution in [-0.2, 0) is 4.74 Å². The quantitative estimate of drug-likeness (QED) is 0.313. The summed E-state index contributed by atoms with van der Waals surface area (Å²) in [5.74, 6) is 0. The predicted molar refractivity (Wildman–Crippen MR) is 130 cm³/mol. The SMILES string of the molecule is O=[N+]([O-])c1cccc(/C=C2\CCC(/C=N/N=C/c3ccc(Br)cc3)=C2N2CCOCC2)c1. The Balaban J connectivity index is 1.60. The number of nitro benzene ring substituents is 1. The largest absolute Gasteiger partial charge is 0.378 e. The van der Waals surface area contributed by atoms with Crippen LogP contribution in [0.25, 0.3) is 6.08 Å². The van der Waals surface area contributed by atoms with Gasteiger partial charge < -0.3 is 9.64 Å². The minimum atomic E-state index is -0.364. The number of halogens is 1. The van der Waals surface area contributed by atoms with Gasteiger partial charge in [-0.3, -0.25) is 10.1 Å². The van der Waals surface area contributed by atoms with Crippen LogP contribution in [-0.4, -0.2) is 48.6 Å². The Hall–Kier alpha value is -3.10. The summed E-state index contributed by atoms with van der Waals surface area (Å²) in [5, 5.41) is 19.6. The molecule has 0 radical (unpaired) electrons. The number of ether oxygens (including phenoxy) is 1. The molecule has 2 aromatic carbocycles. The van der Waals surface area contributed by atoms with Gasteiger partial charge in [0.25, 0.3) is 5.69 Å². The van der Waals surface area contributed by atoms with Crippen molar-refractivity contribution in [3.05, 3.63) is 91.1 Å². The highest BCUT2D eigenvalue weighted by molar-refractivity contribution is 9.10. The van der Waals surface area contributed by atoms with Gasteiger partial charge in [-0.1, -0.05) is 40.2 Å². The third-order valence-electron chi connectivity index (χ3n) is 5.38. The van der Waals surface area contributed by atoms with E-state index in [0.717, 1.165) is 58.4 Å². The number of nitro groups is 1. The second-order valence-corrected chi connectivity index (χ2v) is 8.45. The monoisotopic (exact) mass is 494 g/mol. The van der Waals surface area contributed by atoms with Crippen molar-refractivity contribution < 1.29 is 9.66 Å². The highest BCUT2D eigenvalue weighted by atomic mass is 79.9. The molecule has 8 heteroatoms. The standard InChI is InChI=1S/C24H23BrN4O3/c25-22-8-4-18(5-9-22)16-26-27-17-21-7-6-20(24(21)28-10-12-32-13-11-28)14-19-2-1-3-23(15-19)29(30)31/h1-5,8-9,14-17H,6-7,10-13H2/b20-14+,26-16+,27-17+. The van der Waals surface area contributed by atoms with Gasteiger partial charge in [-0.25, -0.2) is 0 Å². The van der Waals surface area contributed by atoms with E-state index in [1.807, 2.05) is 42.6 Å². The average molecular weight is 495 g/mol. The lowest BCUT2D eigenvalue weighted by Gasteiger charge is -2.31. The third-order valence-corrected chi connectivity index (χ3v) is 5.91. The van der Waals surface area contributed by atoms with Crippen molar-refractivity contribution in [1.82, 2.24) is 4.90 Å². The van der Waals surface area contributed by atoms with Gasteiger partial charge in [0.15, 0.2) is 0 Å². The predicted octanol–water partition coefficient (Wildman–Crippen LogP) is 5.23. The molecular weight excluding hydrogens is 472 g/mol. The zero-order chi connectivity index (χ0) is 22.3. The van der Waals surface area contributed by atoms with Gasteiger partial charge in [0, 0.05) is 35.4 Å². The molecule has 0 amide bonds. The van der Waals surface area contributed by atoms with Crippen LogP contribution in [0.4, 0.5) is 5.69 Å². The molecule has 1 heterocycles. The van der Waals surface area contributed by atoms with E-state index in [4.69, 9.17) is 4.74 Å². The third kappa shape index (κ3) is 5.57. The highest BCUT2D eigenvalue weighted by Crippen LogP contribution is 2.35. The van der Waals surface area contributed by atoms with E-state index in [1.54, 1.807) is 18.3 Å². The van der Waals surface area contributed by atoms with E-state index in [9.17, 15) is 10.1 Å². The van der Waals surface area contributed by atoms with Crippen molar-refractivity contribution >= 4 is 40.1 Å². The molecule has 1 aliphatic heterocycles. The van der Waals surface area contributed by atoms with Gasteiger partial charge in [-0.05, 0) is 53.3 Å². The Morgan fingerprint density at radius 3 is 2.50 bits per heavy atom. The van der Waals surface area contributed by atoms with Crippen molar-refractivity contribution in [3.63, 3.8) is 0 Å². The molecule has 0 N–H and O–H groups in total. The van der Waals surface area contributed by atoms with Crippen LogP contribution in [0.2, 0.25) is 0 Å². The molecule has 0 aromatic heterocycles. The molecule has 164 valence electrons. The molecule has 7 nitrogen and oxygen atoms in total. The Morgan fingerprint density at radius 1 is 1.00 bits per heavy atom. The number of non-ortho nitro benzene ring substituents is 1. The van der Waals surface area contributed by atoms with E-state index < -0.39 is 0 Å². The van der Waals surface area contributed by atoms with Crippen molar-refractivity contribution in [2.75, 3.05) is 26.3 Å². The number of hydrogen-bond acceptors (Lipinski definition) is 6. The molecule has 0 spiro atoms. The molecule has 0 unspecified atom stereocenters. The second-order valence-electron chi connectivity index (χ2n) is 7.54. The summed E-state index contributed by atoms with van der Waals surface area (Å²) in [6.07, 6.45) is 7.31. The van der Waals surface area contributed by atoms with Crippen molar-refractivity contribution in [3.8, 4) is 0 Å². The number of nitrogens with zero attached hydrogens (tertiary/aromatic N) is 4. The first-order valence-corrected chi connectivity index (χ1v) is 11.2. The van der Waals surface area contributed by atoms with Crippen LogP contribution in [0, 0.1) is 10.1 Å². The molecule has 2 aromatic rings. The van der Waals surface area contributed by atoms with E-state index in [-0.39, 0.29) is 10.6 Å². The number of morpholine rings is 1. The number of allylic oxidation sites excluding steroid dienone is 2.